The maximum Gasteiger partial charge on any atom is 0.444 e. The number of fused-ring (bicyclic) bond motifs is 1. The molecule has 2 aromatic rings. The Labute approximate surface area is 99.8 Å². The van der Waals surface area contributed by atoms with Gasteiger partial charge in [0.2, 0.25) is 5.17 Å². The fraction of sp³-hybridized carbons (Fsp3) is 0.0909. The van der Waals surface area contributed by atoms with E-state index in [1.54, 1.807) is 24.3 Å². The van der Waals surface area contributed by atoms with Gasteiger partial charge in [-0.2, -0.15) is 13.2 Å². The summed E-state index contributed by atoms with van der Waals surface area (Å²) in [5, 5.41) is -0.698. The maximum absolute atomic E-state index is 12.3. The van der Waals surface area contributed by atoms with E-state index in [0.29, 0.717) is 10.9 Å². The van der Waals surface area contributed by atoms with Crippen LogP contribution >= 0.6 is 11.6 Å². The summed E-state index contributed by atoms with van der Waals surface area (Å²) in [6, 6.07) is 8.21. The number of halogens is 4. The van der Waals surface area contributed by atoms with E-state index in [9.17, 15) is 13.2 Å². The molecule has 2 rings (SSSR count). The van der Waals surface area contributed by atoms with Crippen molar-refractivity contribution in [2.75, 3.05) is 0 Å². The number of aromatic nitrogens is 1. The van der Waals surface area contributed by atoms with Crippen molar-refractivity contribution in [2.45, 2.75) is 6.18 Å². The number of aliphatic imine (C=N–C) groups is 1. The number of alkyl halides is 3. The Morgan fingerprint density at radius 3 is 2.59 bits per heavy atom. The number of pyridine rings is 1. The molecular weight excluding hydrogens is 253 g/mol. The van der Waals surface area contributed by atoms with Crippen LogP contribution in [0, 0.1) is 0 Å². The molecule has 2 nitrogen and oxygen atoms in total. The molecule has 1 aromatic carbocycles. The molecule has 0 unspecified atom stereocenters. The highest BCUT2D eigenvalue weighted by atomic mass is 35.5. The van der Waals surface area contributed by atoms with Crippen LogP contribution in [0.15, 0.2) is 41.5 Å². The lowest BCUT2D eigenvalue weighted by atomic mass is 10.2. The number of para-hydroxylation sites is 1. The van der Waals surface area contributed by atoms with Crippen LogP contribution in [-0.4, -0.2) is 16.3 Å². The molecule has 1 aromatic heterocycles. The summed E-state index contributed by atoms with van der Waals surface area (Å²) < 4.78 is 36.8. The minimum atomic E-state index is -4.64. The van der Waals surface area contributed by atoms with Crippen molar-refractivity contribution < 1.29 is 13.2 Å². The van der Waals surface area contributed by atoms with E-state index in [0.717, 1.165) is 0 Å². The van der Waals surface area contributed by atoms with Gasteiger partial charge in [-0.15, -0.1) is 0 Å². The Bertz CT molecular complexity index is 573. The first kappa shape index (κ1) is 11.9. The lowest BCUT2D eigenvalue weighted by Crippen LogP contribution is -2.16. The van der Waals surface area contributed by atoms with Gasteiger partial charge in [-0.3, -0.25) is 4.98 Å². The average Bonchev–Trinajstić information content (AvgIpc) is 2.28. The van der Waals surface area contributed by atoms with Crippen molar-refractivity contribution in [3.8, 4) is 0 Å². The van der Waals surface area contributed by atoms with Crippen molar-refractivity contribution in [1.29, 1.82) is 0 Å². The highest BCUT2D eigenvalue weighted by Crippen LogP contribution is 2.28. The zero-order valence-electron chi connectivity index (χ0n) is 8.37. The molecule has 0 fully saturated rings. The number of nitrogens with zero attached hydrogens (tertiary/aromatic N) is 2. The van der Waals surface area contributed by atoms with Gasteiger partial charge in [0.05, 0.1) is 11.2 Å². The van der Waals surface area contributed by atoms with Crippen LogP contribution in [0.1, 0.15) is 0 Å². The number of rotatable bonds is 1. The molecule has 1 heterocycles. The predicted molar refractivity (Wildman–Crippen MR) is 60.7 cm³/mol. The molecule has 0 N–H and O–H groups in total. The van der Waals surface area contributed by atoms with Gasteiger partial charge in [0.1, 0.15) is 0 Å². The van der Waals surface area contributed by atoms with Crippen LogP contribution in [0.5, 0.6) is 0 Å². The second-order valence-corrected chi connectivity index (χ2v) is 3.61. The Morgan fingerprint density at radius 1 is 1.18 bits per heavy atom. The zero-order valence-corrected chi connectivity index (χ0v) is 9.13. The van der Waals surface area contributed by atoms with Crippen LogP contribution in [0.2, 0.25) is 0 Å². The first-order chi connectivity index (χ1) is 7.98. The van der Waals surface area contributed by atoms with E-state index in [1.807, 2.05) is 0 Å². The normalized spacial score (nSPS) is 13.1. The molecular formula is C11H6ClF3N2. The van der Waals surface area contributed by atoms with E-state index in [2.05, 4.69) is 9.98 Å². The van der Waals surface area contributed by atoms with E-state index in [-0.39, 0.29) is 5.69 Å². The first-order valence-corrected chi connectivity index (χ1v) is 5.01. The molecule has 0 spiro atoms. The van der Waals surface area contributed by atoms with Crippen LogP contribution in [0.25, 0.3) is 10.9 Å². The molecule has 6 heteroatoms. The van der Waals surface area contributed by atoms with Gasteiger partial charge in [0.25, 0.3) is 0 Å². The maximum atomic E-state index is 12.3. The standard InChI is InChI=1S/C11H6ClF3N2/c12-10(11(13,14)15)17-8-5-1-3-7-4-2-6-16-9(7)8/h1-6H. The van der Waals surface area contributed by atoms with Crippen LogP contribution in [0.3, 0.4) is 0 Å². The molecule has 0 amide bonds. The van der Waals surface area contributed by atoms with Gasteiger partial charge in [0, 0.05) is 11.6 Å². The minimum Gasteiger partial charge on any atom is -0.254 e. The fourth-order valence-electron chi connectivity index (χ4n) is 1.35. The largest absolute Gasteiger partial charge is 0.444 e. The third-order valence-electron chi connectivity index (χ3n) is 2.06. The van der Waals surface area contributed by atoms with E-state index < -0.39 is 11.3 Å². The Morgan fingerprint density at radius 2 is 1.88 bits per heavy atom. The quantitative estimate of drug-likeness (QED) is 0.708. The summed E-state index contributed by atoms with van der Waals surface area (Å²) in [6.45, 7) is 0. The van der Waals surface area contributed by atoms with Crippen molar-refractivity contribution >= 4 is 33.4 Å². The van der Waals surface area contributed by atoms with Gasteiger partial charge in [-0.25, -0.2) is 4.99 Å². The highest BCUT2D eigenvalue weighted by molar-refractivity contribution is 6.67. The zero-order chi connectivity index (χ0) is 12.5. The molecule has 0 aliphatic rings. The molecule has 17 heavy (non-hydrogen) atoms. The summed E-state index contributed by atoms with van der Waals surface area (Å²) in [5.74, 6) is 0. The van der Waals surface area contributed by atoms with Crippen molar-refractivity contribution in [2.24, 2.45) is 4.99 Å². The number of benzene rings is 1. The minimum absolute atomic E-state index is 0.102. The van der Waals surface area contributed by atoms with Crippen LogP contribution in [0.4, 0.5) is 18.9 Å². The first-order valence-electron chi connectivity index (χ1n) is 4.63. The Kier molecular flexibility index (Phi) is 3.02. The number of hydrogen-bond acceptors (Lipinski definition) is 2. The van der Waals surface area contributed by atoms with Crippen LogP contribution < -0.4 is 0 Å². The third kappa shape index (κ3) is 2.55. The Balaban J connectivity index is 2.57. The third-order valence-corrected chi connectivity index (χ3v) is 2.36. The monoisotopic (exact) mass is 258 g/mol. The van der Waals surface area contributed by atoms with Gasteiger partial charge < -0.3 is 0 Å². The summed E-state index contributed by atoms with van der Waals surface area (Å²) in [5.41, 5.74) is 0.489. The lowest BCUT2D eigenvalue weighted by molar-refractivity contribution is -0.0558. The summed E-state index contributed by atoms with van der Waals surface area (Å²) >= 11 is 5.09. The Hall–Kier alpha value is -1.62. The summed E-state index contributed by atoms with van der Waals surface area (Å²) in [4.78, 5) is 7.34. The summed E-state index contributed by atoms with van der Waals surface area (Å²) in [7, 11) is 0. The van der Waals surface area contributed by atoms with Gasteiger partial charge in [0.15, 0.2) is 0 Å². The lowest BCUT2D eigenvalue weighted by Gasteiger charge is -2.04. The molecule has 0 radical (unpaired) electrons. The predicted octanol–water partition coefficient (Wildman–Crippen LogP) is 4.07. The van der Waals surface area contributed by atoms with Crippen molar-refractivity contribution in [1.82, 2.24) is 4.98 Å². The summed E-state index contributed by atoms with van der Waals surface area (Å²) in [6.07, 6.45) is -3.15. The smallest absolute Gasteiger partial charge is 0.254 e. The topological polar surface area (TPSA) is 25.2 Å². The van der Waals surface area contributed by atoms with Gasteiger partial charge >= 0.3 is 6.18 Å². The SMILES string of the molecule is FC(F)(F)C(Cl)=Nc1cccc2cccnc12. The molecule has 88 valence electrons. The number of hydrogen-bond donors (Lipinski definition) is 0. The molecule has 0 bridgehead atoms. The average molecular weight is 259 g/mol. The molecule has 0 aliphatic heterocycles. The second-order valence-electron chi connectivity index (χ2n) is 3.25. The van der Waals surface area contributed by atoms with E-state index in [1.165, 1.54) is 12.3 Å². The molecule has 0 saturated carbocycles. The molecule has 0 atom stereocenters. The van der Waals surface area contributed by atoms with Crippen molar-refractivity contribution in [3.05, 3.63) is 36.5 Å². The highest BCUT2D eigenvalue weighted by Gasteiger charge is 2.34. The van der Waals surface area contributed by atoms with Gasteiger partial charge in [-0.05, 0) is 12.1 Å². The second kappa shape index (κ2) is 4.33. The van der Waals surface area contributed by atoms with E-state index in [4.69, 9.17) is 11.6 Å². The molecule has 0 aliphatic carbocycles. The molecule has 0 saturated heterocycles. The fourth-order valence-corrected chi connectivity index (χ4v) is 1.44. The van der Waals surface area contributed by atoms with Gasteiger partial charge in [-0.1, -0.05) is 29.8 Å². The van der Waals surface area contributed by atoms with Crippen LogP contribution in [-0.2, 0) is 0 Å². The van der Waals surface area contributed by atoms with E-state index >= 15 is 0 Å². The van der Waals surface area contributed by atoms with Crippen molar-refractivity contribution in [3.63, 3.8) is 0 Å².